The van der Waals surface area contributed by atoms with Crippen LogP contribution in [-0.2, 0) is 0 Å². The molecule has 0 aromatic carbocycles. The van der Waals surface area contributed by atoms with E-state index in [2.05, 4.69) is 89.2 Å². The molecule has 20 heavy (non-hydrogen) atoms. The van der Waals surface area contributed by atoms with E-state index in [1.165, 1.54) is 5.67 Å². The highest BCUT2D eigenvalue weighted by molar-refractivity contribution is 7.12. The Bertz CT molecular complexity index is 347. The Balaban J connectivity index is 3.31. The van der Waals surface area contributed by atoms with Gasteiger partial charge in [-0.3, -0.25) is 0 Å². The fraction of sp³-hybridized carbons (Fsp3) is 0.385. The van der Waals surface area contributed by atoms with Gasteiger partial charge in [-0.1, -0.05) is 35.9 Å². The van der Waals surface area contributed by atoms with Gasteiger partial charge in [0.25, 0.3) is 0 Å². The Morgan fingerprint density at radius 1 is 0.650 bits per heavy atom. The molecule has 0 spiro atoms. The molecule has 3 nitrogen and oxygen atoms in total. The first-order valence-corrected chi connectivity index (χ1v) is 17.7. The van der Waals surface area contributed by atoms with Crippen molar-refractivity contribution in [3.63, 3.8) is 0 Å². The van der Waals surface area contributed by atoms with Crippen molar-refractivity contribution in [3.05, 3.63) is 49.1 Å². The predicted octanol–water partition coefficient (Wildman–Crippen LogP) is 2.50. The largest absolute Gasteiger partial charge is 0.341 e. The summed E-state index contributed by atoms with van der Waals surface area (Å²) in [7, 11) is -7.27. The molecule has 0 aliphatic carbocycles. The molecular formula is C13H29N3Si4. The van der Waals surface area contributed by atoms with Crippen LogP contribution < -0.4 is 13.9 Å². The average molecular weight is 340 g/mol. The SMILES string of the molecule is C=C[Si]1(C)C[Si](C)(C=C)N[Si](C)(C=C)N[Si](C)(C=C)N1. The molecule has 1 aliphatic heterocycles. The lowest BCUT2D eigenvalue weighted by molar-refractivity contribution is 1.12. The van der Waals surface area contributed by atoms with Crippen molar-refractivity contribution in [1.82, 2.24) is 13.9 Å². The van der Waals surface area contributed by atoms with Gasteiger partial charge >= 0.3 is 0 Å². The monoisotopic (exact) mass is 339 g/mol. The van der Waals surface area contributed by atoms with Gasteiger partial charge in [0.2, 0.25) is 16.8 Å². The van der Waals surface area contributed by atoms with Gasteiger partial charge < -0.3 is 13.9 Å². The van der Waals surface area contributed by atoms with Crippen LogP contribution in [0.5, 0.6) is 0 Å². The van der Waals surface area contributed by atoms with Crippen LogP contribution in [0.3, 0.4) is 0 Å². The van der Waals surface area contributed by atoms with Gasteiger partial charge in [0.15, 0.2) is 0 Å². The Kier molecular flexibility index (Phi) is 5.18. The highest BCUT2D eigenvalue weighted by Gasteiger charge is 2.48. The molecule has 4 unspecified atom stereocenters. The highest BCUT2D eigenvalue weighted by atomic mass is 28.5. The van der Waals surface area contributed by atoms with Crippen molar-refractivity contribution in [3.8, 4) is 0 Å². The molecule has 0 radical (unpaired) electrons. The average Bonchev–Trinajstić information content (AvgIpc) is 2.36. The summed E-state index contributed by atoms with van der Waals surface area (Å²) >= 11 is 0. The number of rotatable bonds is 4. The molecule has 1 aliphatic rings. The standard InChI is InChI=1S/C13H29N3Si4/c1-9-17(5)13-18(6,10-2)15-20(8,12-4)16-19(7,11-3)14-17/h9-12,14-16H,1-4,13H2,5-8H3. The maximum absolute atomic E-state index is 4.10. The lowest BCUT2D eigenvalue weighted by Gasteiger charge is -2.49. The molecule has 1 fully saturated rings. The van der Waals surface area contributed by atoms with Crippen LogP contribution in [0.15, 0.2) is 49.1 Å². The van der Waals surface area contributed by atoms with E-state index in [4.69, 9.17) is 0 Å². The number of hydrogen-bond acceptors (Lipinski definition) is 3. The molecule has 7 heteroatoms. The quantitative estimate of drug-likeness (QED) is 0.689. The van der Waals surface area contributed by atoms with Crippen molar-refractivity contribution in [2.75, 3.05) is 0 Å². The molecule has 0 saturated carbocycles. The Morgan fingerprint density at radius 2 is 1.00 bits per heavy atom. The molecule has 1 saturated heterocycles. The molecule has 4 atom stereocenters. The topological polar surface area (TPSA) is 36.1 Å². The van der Waals surface area contributed by atoms with Gasteiger partial charge in [-0.05, 0) is 18.8 Å². The minimum absolute atomic E-state index is 1.17. The molecule has 112 valence electrons. The fourth-order valence-corrected chi connectivity index (χ4v) is 30.5. The minimum atomic E-state index is -1.91. The molecule has 0 aromatic rings. The predicted molar refractivity (Wildman–Crippen MR) is 101 cm³/mol. The second-order valence-corrected chi connectivity index (χ2v) is 23.1. The fourth-order valence-electron chi connectivity index (χ4n) is 3.09. The first kappa shape index (κ1) is 17.8. The Hall–Kier alpha value is -0.292. The van der Waals surface area contributed by atoms with Crippen LogP contribution in [-0.4, -0.2) is 33.3 Å². The van der Waals surface area contributed by atoms with Gasteiger partial charge in [0.1, 0.15) is 16.5 Å². The van der Waals surface area contributed by atoms with E-state index in [9.17, 15) is 0 Å². The summed E-state index contributed by atoms with van der Waals surface area (Å²) < 4.78 is 11.8. The van der Waals surface area contributed by atoms with E-state index in [-0.39, 0.29) is 0 Å². The summed E-state index contributed by atoms with van der Waals surface area (Å²) in [6.07, 6.45) is 0. The summed E-state index contributed by atoms with van der Waals surface area (Å²) in [5, 5.41) is 0. The number of nitrogens with one attached hydrogen (secondary N) is 3. The van der Waals surface area contributed by atoms with Crippen LogP contribution in [0.4, 0.5) is 0 Å². The zero-order chi connectivity index (χ0) is 15.7. The molecule has 0 aromatic heterocycles. The first-order chi connectivity index (χ1) is 9.07. The number of hydrogen-bond donors (Lipinski definition) is 3. The van der Waals surface area contributed by atoms with Gasteiger partial charge in [-0.25, -0.2) is 0 Å². The summed E-state index contributed by atoms with van der Waals surface area (Å²) in [5.74, 6) is 0. The summed E-state index contributed by atoms with van der Waals surface area (Å²) in [4.78, 5) is 0. The van der Waals surface area contributed by atoms with Crippen LogP contribution in [0.1, 0.15) is 0 Å². The third kappa shape index (κ3) is 3.88. The van der Waals surface area contributed by atoms with Crippen molar-refractivity contribution in [1.29, 1.82) is 0 Å². The smallest absolute Gasteiger partial charge is 0.211 e. The molecule has 1 rings (SSSR count). The lowest BCUT2D eigenvalue weighted by Crippen LogP contribution is -2.83. The van der Waals surface area contributed by atoms with Crippen LogP contribution >= 0.6 is 0 Å². The van der Waals surface area contributed by atoms with E-state index < -0.39 is 33.3 Å². The minimum Gasteiger partial charge on any atom is -0.341 e. The third-order valence-corrected chi connectivity index (χ3v) is 26.3. The second kappa shape index (κ2) is 5.83. The highest BCUT2D eigenvalue weighted by Crippen LogP contribution is 2.23. The van der Waals surface area contributed by atoms with E-state index in [1.54, 1.807) is 0 Å². The Morgan fingerprint density at radius 3 is 1.25 bits per heavy atom. The van der Waals surface area contributed by atoms with Crippen molar-refractivity contribution in [2.45, 2.75) is 31.9 Å². The lowest BCUT2D eigenvalue weighted by atomic mass is 11.3. The van der Waals surface area contributed by atoms with Crippen LogP contribution in [0.2, 0.25) is 31.9 Å². The van der Waals surface area contributed by atoms with Gasteiger partial charge in [0.05, 0.1) is 0 Å². The zero-order valence-corrected chi connectivity index (χ0v) is 17.3. The van der Waals surface area contributed by atoms with Crippen LogP contribution in [0.25, 0.3) is 0 Å². The van der Waals surface area contributed by atoms with E-state index in [0.717, 1.165) is 0 Å². The van der Waals surface area contributed by atoms with E-state index in [0.29, 0.717) is 0 Å². The summed E-state index contributed by atoms with van der Waals surface area (Å²) in [6, 6.07) is 0. The van der Waals surface area contributed by atoms with Gasteiger partial charge in [-0.2, -0.15) is 0 Å². The van der Waals surface area contributed by atoms with E-state index >= 15 is 0 Å². The molecule has 0 amide bonds. The second-order valence-electron chi connectivity index (χ2n) is 6.61. The third-order valence-electron chi connectivity index (χ3n) is 4.06. The molecule has 3 N–H and O–H groups in total. The van der Waals surface area contributed by atoms with Gasteiger partial charge in [-0.15, -0.1) is 26.3 Å². The molecular weight excluding hydrogens is 311 g/mol. The van der Waals surface area contributed by atoms with Crippen molar-refractivity contribution < 1.29 is 0 Å². The molecule has 0 bridgehead atoms. The van der Waals surface area contributed by atoms with Crippen molar-refractivity contribution >= 4 is 33.3 Å². The maximum atomic E-state index is 4.10. The molecule has 1 heterocycles. The van der Waals surface area contributed by atoms with Gasteiger partial charge in [0, 0.05) is 0 Å². The van der Waals surface area contributed by atoms with Crippen LogP contribution in [0, 0.1) is 0 Å². The van der Waals surface area contributed by atoms with E-state index in [1.807, 2.05) is 0 Å². The Labute approximate surface area is 128 Å². The first-order valence-electron chi connectivity index (χ1n) is 6.99. The summed E-state index contributed by atoms with van der Waals surface area (Å²) in [5.41, 5.74) is 9.68. The normalized spacial score (nSPS) is 45.8. The maximum Gasteiger partial charge on any atom is 0.211 e. The van der Waals surface area contributed by atoms with Crippen molar-refractivity contribution in [2.24, 2.45) is 0 Å². The summed E-state index contributed by atoms with van der Waals surface area (Å²) in [6.45, 7) is 25.6. The zero-order valence-electron chi connectivity index (χ0n) is 13.3.